The Kier molecular flexibility index (Phi) is 7.42. The average Bonchev–Trinajstić information content (AvgIpc) is 2.42. The molecule has 0 radical (unpaired) electrons. The van der Waals surface area contributed by atoms with Gasteiger partial charge in [0.05, 0.1) is 6.61 Å². The van der Waals surface area contributed by atoms with E-state index in [-0.39, 0.29) is 13.1 Å². The molecule has 2 N–H and O–H groups in total. The largest absolute Gasteiger partial charge is 0.480 e. The van der Waals surface area contributed by atoms with E-state index in [4.69, 9.17) is 9.84 Å². The summed E-state index contributed by atoms with van der Waals surface area (Å²) < 4.78 is 32.9. The van der Waals surface area contributed by atoms with E-state index in [1.807, 2.05) is 0 Å². The second-order valence-corrected chi connectivity index (χ2v) is 6.53. The van der Waals surface area contributed by atoms with Crippen molar-refractivity contribution in [2.24, 2.45) is 0 Å². The predicted molar refractivity (Wildman–Crippen MR) is 74.6 cm³/mol. The minimum Gasteiger partial charge on any atom is -0.480 e. The molecule has 20 heavy (non-hydrogen) atoms. The molecule has 118 valence electrons. The van der Waals surface area contributed by atoms with Crippen molar-refractivity contribution in [3.63, 3.8) is 0 Å². The van der Waals surface area contributed by atoms with Gasteiger partial charge in [0.2, 0.25) is 0 Å². The first kappa shape index (κ1) is 17.4. The number of unbranched alkanes of at least 4 members (excludes halogenated alkanes) is 1. The normalized spacial score (nSPS) is 20.9. The summed E-state index contributed by atoms with van der Waals surface area (Å²) in [6.45, 7) is 3.37. The van der Waals surface area contributed by atoms with Gasteiger partial charge in [-0.3, -0.25) is 4.79 Å². The zero-order valence-corrected chi connectivity index (χ0v) is 12.7. The zero-order chi connectivity index (χ0) is 15.0. The van der Waals surface area contributed by atoms with Crippen LogP contribution < -0.4 is 4.72 Å². The average molecular weight is 308 g/mol. The van der Waals surface area contributed by atoms with Gasteiger partial charge in [0.25, 0.3) is 10.2 Å². The van der Waals surface area contributed by atoms with Gasteiger partial charge in [0.15, 0.2) is 0 Å². The van der Waals surface area contributed by atoms with Crippen LogP contribution in [0.5, 0.6) is 0 Å². The number of hydrogen-bond acceptors (Lipinski definition) is 4. The summed E-state index contributed by atoms with van der Waals surface area (Å²) in [6, 6.07) is -0.956. The summed E-state index contributed by atoms with van der Waals surface area (Å²) >= 11 is 0. The lowest BCUT2D eigenvalue weighted by Crippen LogP contribution is -2.52. The van der Waals surface area contributed by atoms with Crippen LogP contribution in [0.1, 0.15) is 39.0 Å². The zero-order valence-electron chi connectivity index (χ0n) is 11.9. The standard InChI is InChI=1S/C12H24N2O5S/c1-2-3-9-19-10-7-13-20(17,18)14-8-5-4-6-11(14)12(15)16/h11,13H,2-10H2,1H3,(H,15,16). The maximum atomic E-state index is 12.1. The minimum absolute atomic E-state index is 0.162. The van der Waals surface area contributed by atoms with Crippen LogP contribution in [-0.2, 0) is 19.7 Å². The Balaban J connectivity index is 2.43. The van der Waals surface area contributed by atoms with Gasteiger partial charge >= 0.3 is 5.97 Å². The van der Waals surface area contributed by atoms with Crippen molar-refractivity contribution in [1.29, 1.82) is 0 Å². The number of rotatable bonds is 9. The van der Waals surface area contributed by atoms with Crippen LogP contribution in [-0.4, -0.2) is 56.1 Å². The van der Waals surface area contributed by atoms with Gasteiger partial charge in [-0.25, -0.2) is 0 Å². The van der Waals surface area contributed by atoms with E-state index in [1.165, 1.54) is 0 Å². The predicted octanol–water partition coefficient (Wildman–Crippen LogP) is 0.577. The van der Waals surface area contributed by atoms with Crippen molar-refractivity contribution >= 4 is 16.2 Å². The topological polar surface area (TPSA) is 95.9 Å². The van der Waals surface area contributed by atoms with Crippen molar-refractivity contribution < 1.29 is 23.1 Å². The molecule has 7 nitrogen and oxygen atoms in total. The van der Waals surface area contributed by atoms with Crippen molar-refractivity contribution in [3.05, 3.63) is 0 Å². The van der Waals surface area contributed by atoms with E-state index >= 15 is 0 Å². The summed E-state index contributed by atoms with van der Waals surface area (Å²) in [4.78, 5) is 11.1. The van der Waals surface area contributed by atoms with E-state index in [9.17, 15) is 13.2 Å². The summed E-state index contributed by atoms with van der Waals surface area (Å²) in [5.41, 5.74) is 0. The Bertz CT molecular complexity index is 399. The first-order chi connectivity index (χ1) is 9.49. The number of ether oxygens (including phenoxy) is 1. The number of carbonyl (C=O) groups is 1. The SMILES string of the molecule is CCCCOCCNS(=O)(=O)N1CCCCC1C(=O)O. The van der Waals surface area contributed by atoms with Crippen LogP contribution in [0.3, 0.4) is 0 Å². The summed E-state index contributed by atoms with van der Waals surface area (Å²) in [5, 5.41) is 9.08. The highest BCUT2D eigenvalue weighted by atomic mass is 32.2. The van der Waals surface area contributed by atoms with Gasteiger partial charge in [-0.05, 0) is 25.7 Å². The van der Waals surface area contributed by atoms with Crippen molar-refractivity contribution in [3.8, 4) is 0 Å². The second-order valence-electron chi connectivity index (χ2n) is 4.83. The van der Waals surface area contributed by atoms with E-state index in [0.717, 1.165) is 23.6 Å². The number of carboxylic acids is 1. The molecule has 1 aliphatic rings. The smallest absolute Gasteiger partial charge is 0.322 e. The molecule has 0 saturated carbocycles. The molecular weight excluding hydrogens is 284 g/mol. The van der Waals surface area contributed by atoms with Gasteiger partial charge < -0.3 is 9.84 Å². The highest BCUT2D eigenvalue weighted by Gasteiger charge is 2.36. The van der Waals surface area contributed by atoms with E-state index in [1.54, 1.807) is 0 Å². The maximum absolute atomic E-state index is 12.1. The monoisotopic (exact) mass is 308 g/mol. The molecule has 0 aromatic rings. The molecule has 1 saturated heterocycles. The molecule has 0 aromatic heterocycles. The quantitative estimate of drug-likeness (QED) is 0.607. The van der Waals surface area contributed by atoms with Gasteiger partial charge in [0.1, 0.15) is 6.04 Å². The lowest BCUT2D eigenvalue weighted by Gasteiger charge is -2.31. The molecule has 1 rings (SSSR count). The molecule has 0 spiro atoms. The molecule has 0 aromatic carbocycles. The van der Waals surface area contributed by atoms with E-state index in [2.05, 4.69) is 11.6 Å². The first-order valence-corrected chi connectivity index (χ1v) is 8.50. The number of nitrogens with one attached hydrogen (secondary N) is 1. The number of nitrogens with zero attached hydrogens (tertiary/aromatic N) is 1. The lowest BCUT2D eigenvalue weighted by molar-refractivity contribution is -0.142. The van der Waals surface area contributed by atoms with Crippen molar-refractivity contribution in [2.75, 3.05) is 26.3 Å². The van der Waals surface area contributed by atoms with E-state index < -0.39 is 22.2 Å². The van der Waals surface area contributed by atoms with E-state index in [0.29, 0.717) is 26.1 Å². The van der Waals surface area contributed by atoms with Crippen molar-refractivity contribution in [2.45, 2.75) is 45.1 Å². The highest BCUT2D eigenvalue weighted by molar-refractivity contribution is 7.87. The molecule has 1 unspecified atom stereocenters. The number of aliphatic carboxylic acids is 1. The number of hydrogen-bond donors (Lipinski definition) is 2. The Labute approximate surface area is 120 Å². The van der Waals surface area contributed by atoms with Gasteiger partial charge in [0, 0.05) is 19.7 Å². The fraction of sp³-hybridized carbons (Fsp3) is 0.917. The first-order valence-electron chi connectivity index (χ1n) is 7.06. The molecule has 0 bridgehead atoms. The summed E-state index contributed by atoms with van der Waals surface area (Å²) in [5.74, 6) is -1.09. The Morgan fingerprint density at radius 2 is 2.15 bits per heavy atom. The van der Waals surface area contributed by atoms with Crippen molar-refractivity contribution in [1.82, 2.24) is 9.03 Å². The molecule has 8 heteroatoms. The maximum Gasteiger partial charge on any atom is 0.322 e. The number of carboxylic acid groups (broad SMARTS) is 1. The third-order valence-electron chi connectivity index (χ3n) is 3.22. The molecule has 1 heterocycles. The van der Waals surface area contributed by atoms with Crippen LogP contribution in [0.4, 0.5) is 0 Å². The molecule has 0 amide bonds. The molecule has 1 fully saturated rings. The third kappa shape index (κ3) is 5.35. The number of piperidine rings is 1. The molecule has 0 aliphatic carbocycles. The Morgan fingerprint density at radius 1 is 1.40 bits per heavy atom. The lowest BCUT2D eigenvalue weighted by atomic mass is 10.1. The van der Waals surface area contributed by atoms with Crippen LogP contribution in [0.15, 0.2) is 0 Å². The highest BCUT2D eigenvalue weighted by Crippen LogP contribution is 2.19. The summed E-state index contributed by atoms with van der Waals surface area (Å²) in [7, 11) is -3.75. The van der Waals surface area contributed by atoms with Crippen LogP contribution in [0.2, 0.25) is 0 Å². The van der Waals surface area contributed by atoms with Gasteiger partial charge in [-0.1, -0.05) is 13.3 Å². The Hall–Kier alpha value is -0.700. The van der Waals surface area contributed by atoms with Gasteiger partial charge in [-0.15, -0.1) is 0 Å². The van der Waals surface area contributed by atoms with Crippen LogP contribution in [0, 0.1) is 0 Å². The van der Waals surface area contributed by atoms with Crippen LogP contribution >= 0.6 is 0 Å². The fourth-order valence-corrected chi connectivity index (χ4v) is 3.52. The fourth-order valence-electron chi connectivity index (χ4n) is 2.11. The minimum atomic E-state index is -3.75. The molecule has 1 atom stereocenters. The second kappa shape index (κ2) is 8.56. The van der Waals surface area contributed by atoms with Gasteiger partial charge in [-0.2, -0.15) is 17.4 Å². The molecular formula is C12H24N2O5S. The molecule has 1 aliphatic heterocycles. The Morgan fingerprint density at radius 3 is 2.80 bits per heavy atom. The summed E-state index contributed by atoms with van der Waals surface area (Å²) in [6.07, 6.45) is 3.77. The third-order valence-corrected chi connectivity index (χ3v) is 4.84. The van der Waals surface area contributed by atoms with Crippen LogP contribution in [0.25, 0.3) is 0 Å².